The molecule has 3 heterocycles. The lowest BCUT2D eigenvalue weighted by molar-refractivity contribution is 0.206. The van der Waals surface area contributed by atoms with Gasteiger partial charge in [-0.3, -0.25) is 9.88 Å². The average molecular weight is 317 g/mol. The summed E-state index contributed by atoms with van der Waals surface area (Å²) in [4.78, 5) is 8.88. The number of aromatic nitrogens is 3. The second kappa shape index (κ2) is 6.54. The van der Waals surface area contributed by atoms with Crippen molar-refractivity contribution in [2.24, 2.45) is 0 Å². The molecule has 0 spiro atoms. The summed E-state index contributed by atoms with van der Waals surface area (Å²) < 4.78 is 11.1. The zero-order chi connectivity index (χ0) is 16.4. The molecule has 0 unspecified atom stereocenters. The van der Waals surface area contributed by atoms with Crippen LogP contribution in [0.3, 0.4) is 0 Å². The third kappa shape index (κ3) is 3.29. The Kier molecular flexibility index (Phi) is 4.47. The van der Waals surface area contributed by atoms with E-state index in [0.29, 0.717) is 23.7 Å². The van der Waals surface area contributed by atoms with Gasteiger partial charge in [-0.1, -0.05) is 5.10 Å². The van der Waals surface area contributed by atoms with E-state index < -0.39 is 0 Å². The maximum atomic E-state index is 5.83. The van der Waals surface area contributed by atoms with E-state index in [2.05, 4.69) is 38.8 Å². The van der Waals surface area contributed by atoms with Crippen LogP contribution in [0.1, 0.15) is 19.5 Å². The van der Waals surface area contributed by atoms with Crippen LogP contribution < -0.4 is 9.64 Å². The van der Waals surface area contributed by atoms with Gasteiger partial charge in [0, 0.05) is 38.4 Å². The summed E-state index contributed by atoms with van der Waals surface area (Å²) in [6.45, 7) is 10.2. The first-order valence-corrected chi connectivity index (χ1v) is 7.92. The number of hydrogen-bond acceptors (Lipinski definition) is 7. The van der Waals surface area contributed by atoms with Crippen LogP contribution in [0.15, 0.2) is 16.7 Å². The van der Waals surface area contributed by atoms with E-state index in [0.717, 1.165) is 37.4 Å². The van der Waals surface area contributed by atoms with E-state index in [-0.39, 0.29) is 0 Å². The van der Waals surface area contributed by atoms with E-state index in [9.17, 15) is 0 Å². The third-order valence-electron chi connectivity index (χ3n) is 4.24. The number of nitrogens with zero attached hydrogens (tertiary/aromatic N) is 5. The summed E-state index contributed by atoms with van der Waals surface area (Å²) in [5, 5.41) is 8.34. The predicted molar refractivity (Wildman–Crippen MR) is 87.7 cm³/mol. The van der Waals surface area contributed by atoms with Gasteiger partial charge < -0.3 is 14.1 Å². The van der Waals surface area contributed by atoms with E-state index in [1.165, 1.54) is 0 Å². The van der Waals surface area contributed by atoms with Gasteiger partial charge in [-0.05, 0) is 26.8 Å². The predicted octanol–water partition coefficient (Wildman–Crippen LogP) is 1.98. The van der Waals surface area contributed by atoms with Gasteiger partial charge in [0.05, 0.1) is 18.4 Å². The maximum Gasteiger partial charge on any atom is 0.318 e. The highest BCUT2D eigenvalue weighted by Crippen LogP contribution is 2.26. The molecule has 2 aromatic rings. The van der Waals surface area contributed by atoms with Crippen LogP contribution in [0.25, 0.3) is 11.5 Å². The number of hydrogen-bond donors (Lipinski definition) is 0. The van der Waals surface area contributed by atoms with Crippen molar-refractivity contribution in [3.63, 3.8) is 0 Å². The van der Waals surface area contributed by atoms with Gasteiger partial charge >= 0.3 is 6.01 Å². The zero-order valence-corrected chi connectivity index (χ0v) is 14.1. The maximum absolute atomic E-state index is 5.83. The summed E-state index contributed by atoms with van der Waals surface area (Å²) in [5.74, 6) is 1.19. The minimum atomic E-state index is 0.470. The minimum absolute atomic E-state index is 0.470. The number of pyridine rings is 1. The van der Waals surface area contributed by atoms with Crippen LogP contribution in [-0.4, -0.2) is 59.4 Å². The van der Waals surface area contributed by atoms with E-state index in [1.54, 1.807) is 13.3 Å². The van der Waals surface area contributed by atoms with Crippen molar-refractivity contribution in [2.45, 2.75) is 26.8 Å². The second-order valence-electron chi connectivity index (χ2n) is 6.02. The van der Waals surface area contributed by atoms with Crippen LogP contribution in [0.5, 0.6) is 5.75 Å². The molecule has 124 valence electrons. The topological polar surface area (TPSA) is 67.5 Å². The number of aryl methyl sites for hydroxylation is 1. The SMILES string of the molecule is COc1cc(-c2nnc(N3CCN(C(C)C)CC3)o2)cnc1C. The summed E-state index contributed by atoms with van der Waals surface area (Å²) in [6.07, 6.45) is 1.73. The summed E-state index contributed by atoms with van der Waals surface area (Å²) in [5.41, 5.74) is 1.60. The Bertz CT molecular complexity index is 662. The molecule has 7 heteroatoms. The lowest BCUT2D eigenvalue weighted by Gasteiger charge is -2.35. The van der Waals surface area contributed by atoms with E-state index in [4.69, 9.17) is 9.15 Å². The molecule has 23 heavy (non-hydrogen) atoms. The van der Waals surface area contributed by atoms with Gasteiger partial charge in [-0.2, -0.15) is 0 Å². The van der Waals surface area contributed by atoms with Gasteiger partial charge in [-0.15, -0.1) is 5.10 Å². The Hall–Kier alpha value is -2.15. The molecule has 1 aliphatic heterocycles. The van der Waals surface area contributed by atoms with Gasteiger partial charge in [0.1, 0.15) is 5.75 Å². The number of piperazine rings is 1. The molecule has 0 atom stereocenters. The zero-order valence-electron chi connectivity index (χ0n) is 14.1. The summed E-state index contributed by atoms with van der Waals surface area (Å²) in [7, 11) is 1.63. The number of ether oxygens (including phenoxy) is 1. The molecule has 0 amide bonds. The van der Waals surface area contributed by atoms with Crippen LogP contribution >= 0.6 is 0 Å². The molecule has 7 nitrogen and oxygen atoms in total. The molecule has 3 rings (SSSR count). The molecule has 1 saturated heterocycles. The standard InChI is InChI=1S/C16H23N5O2/c1-11(2)20-5-7-21(8-6-20)16-19-18-15(23-16)13-9-14(22-4)12(3)17-10-13/h9-11H,5-8H2,1-4H3. The van der Waals surface area contributed by atoms with Crippen molar-refractivity contribution in [3.05, 3.63) is 18.0 Å². The van der Waals surface area contributed by atoms with Gasteiger partial charge in [0.25, 0.3) is 5.89 Å². The number of methoxy groups -OCH3 is 1. The van der Waals surface area contributed by atoms with Crippen molar-refractivity contribution in [2.75, 3.05) is 38.2 Å². The van der Waals surface area contributed by atoms with Gasteiger partial charge in [0.15, 0.2) is 0 Å². The van der Waals surface area contributed by atoms with Crippen LogP contribution in [0, 0.1) is 6.92 Å². The monoisotopic (exact) mass is 317 g/mol. The minimum Gasteiger partial charge on any atom is -0.495 e. The Labute approximate surface area is 136 Å². The highest BCUT2D eigenvalue weighted by atomic mass is 16.5. The van der Waals surface area contributed by atoms with Crippen molar-refractivity contribution < 1.29 is 9.15 Å². The fourth-order valence-electron chi connectivity index (χ4n) is 2.73. The lowest BCUT2D eigenvalue weighted by atomic mass is 10.2. The van der Waals surface area contributed by atoms with E-state index in [1.807, 2.05) is 13.0 Å². The molecule has 0 N–H and O–H groups in total. The quantitative estimate of drug-likeness (QED) is 0.854. The Balaban J connectivity index is 1.74. The fraction of sp³-hybridized carbons (Fsp3) is 0.562. The van der Waals surface area contributed by atoms with Crippen molar-refractivity contribution in [1.29, 1.82) is 0 Å². The molecular formula is C16H23N5O2. The first-order valence-electron chi connectivity index (χ1n) is 7.92. The van der Waals surface area contributed by atoms with Crippen molar-refractivity contribution in [3.8, 4) is 17.2 Å². The number of anilines is 1. The van der Waals surface area contributed by atoms with E-state index >= 15 is 0 Å². The average Bonchev–Trinajstić information content (AvgIpc) is 3.05. The molecule has 0 saturated carbocycles. The smallest absolute Gasteiger partial charge is 0.318 e. The largest absolute Gasteiger partial charge is 0.495 e. The normalized spacial score (nSPS) is 16.1. The third-order valence-corrected chi connectivity index (χ3v) is 4.24. The first kappa shape index (κ1) is 15.7. The summed E-state index contributed by atoms with van der Waals surface area (Å²) in [6, 6.07) is 3.01. The van der Waals surface area contributed by atoms with Crippen LogP contribution in [0.4, 0.5) is 6.01 Å². The Morgan fingerprint density at radius 3 is 2.57 bits per heavy atom. The summed E-state index contributed by atoms with van der Waals surface area (Å²) >= 11 is 0. The molecule has 0 bridgehead atoms. The highest BCUT2D eigenvalue weighted by Gasteiger charge is 2.23. The molecule has 1 fully saturated rings. The highest BCUT2D eigenvalue weighted by molar-refractivity contribution is 5.55. The fourth-order valence-corrected chi connectivity index (χ4v) is 2.73. The molecule has 0 radical (unpaired) electrons. The Morgan fingerprint density at radius 2 is 1.91 bits per heavy atom. The van der Waals surface area contributed by atoms with Gasteiger partial charge in [0.2, 0.25) is 0 Å². The Morgan fingerprint density at radius 1 is 1.17 bits per heavy atom. The molecule has 0 aromatic carbocycles. The van der Waals surface area contributed by atoms with Crippen LogP contribution in [-0.2, 0) is 0 Å². The molecule has 1 aliphatic rings. The first-order chi connectivity index (χ1) is 11.1. The number of rotatable bonds is 4. The molecule has 0 aliphatic carbocycles. The molecular weight excluding hydrogens is 294 g/mol. The van der Waals surface area contributed by atoms with Gasteiger partial charge in [-0.25, -0.2) is 0 Å². The van der Waals surface area contributed by atoms with Crippen LogP contribution in [0.2, 0.25) is 0 Å². The lowest BCUT2D eigenvalue weighted by Crippen LogP contribution is -2.49. The van der Waals surface area contributed by atoms with Crippen molar-refractivity contribution >= 4 is 6.01 Å². The van der Waals surface area contributed by atoms with Crippen molar-refractivity contribution in [1.82, 2.24) is 20.1 Å². The second-order valence-corrected chi connectivity index (χ2v) is 6.02. The molecule has 2 aromatic heterocycles.